The fourth-order valence-electron chi connectivity index (χ4n) is 14.8. The molecule has 3 aliphatic heterocycles. The summed E-state index contributed by atoms with van der Waals surface area (Å²) in [6, 6.07) is 30.2. The first-order chi connectivity index (χ1) is 33.7. The van der Waals surface area contributed by atoms with E-state index in [4.69, 9.17) is 4.42 Å². The van der Waals surface area contributed by atoms with E-state index >= 15 is 0 Å². The lowest BCUT2D eigenvalue weighted by Gasteiger charge is -2.47. The van der Waals surface area contributed by atoms with Crippen LogP contribution in [0.15, 0.2) is 106 Å². The molecule has 6 aromatic rings. The van der Waals surface area contributed by atoms with E-state index in [1.807, 2.05) is 0 Å². The summed E-state index contributed by atoms with van der Waals surface area (Å²) in [5.41, 5.74) is 25.9. The van der Waals surface area contributed by atoms with Crippen molar-refractivity contribution in [1.29, 1.82) is 0 Å². The van der Waals surface area contributed by atoms with Crippen LogP contribution < -0.4 is 26.4 Å². The Balaban J connectivity index is 1.14. The number of rotatable bonds is 2. The van der Waals surface area contributed by atoms with Gasteiger partial charge in [0.1, 0.15) is 5.58 Å². The molecular formula is C67H77BN2OS. The molecule has 2 atom stereocenters. The number of fused-ring (bicyclic) bond motifs is 12. The first-order valence-corrected chi connectivity index (χ1v) is 28.5. The smallest absolute Gasteiger partial charge is 0.297 e. The molecule has 2 unspecified atom stereocenters. The Kier molecular flexibility index (Phi) is 9.58. The van der Waals surface area contributed by atoms with Gasteiger partial charge in [-0.15, -0.1) is 11.8 Å². The third kappa shape index (κ3) is 6.56. The lowest BCUT2D eigenvalue weighted by Crippen LogP contribution is -2.61. The van der Waals surface area contributed by atoms with E-state index < -0.39 is 0 Å². The van der Waals surface area contributed by atoms with Gasteiger partial charge >= 0.3 is 0 Å². The van der Waals surface area contributed by atoms with Gasteiger partial charge in [0.2, 0.25) is 0 Å². The molecule has 4 aliphatic carbocycles. The van der Waals surface area contributed by atoms with Crippen molar-refractivity contribution in [1.82, 2.24) is 0 Å². The average Bonchev–Trinajstić information content (AvgIpc) is 3.88. The second kappa shape index (κ2) is 14.7. The van der Waals surface area contributed by atoms with E-state index in [9.17, 15) is 0 Å². The second-order valence-corrected chi connectivity index (χ2v) is 29.7. The van der Waals surface area contributed by atoms with Crippen molar-refractivity contribution in [2.75, 3.05) is 9.80 Å². The molecular weight excluding hydrogens is 892 g/mol. The molecule has 1 aromatic heterocycles. The molecule has 5 heteroatoms. The maximum atomic E-state index is 7.79. The largest absolute Gasteiger partial charge is 0.468 e. The Bertz CT molecular complexity index is 3430. The van der Waals surface area contributed by atoms with Gasteiger partial charge in [0.05, 0.1) is 17.0 Å². The molecule has 5 aromatic carbocycles. The Labute approximate surface area is 436 Å². The molecule has 0 radical (unpaired) electrons. The number of hydrogen-bond acceptors (Lipinski definition) is 4. The van der Waals surface area contributed by atoms with Gasteiger partial charge in [-0.3, -0.25) is 0 Å². The van der Waals surface area contributed by atoms with Crippen LogP contribution in [-0.2, 0) is 32.5 Å². The van der Waals surface area contributed by atoms with Gasteiger partial charge in [-0.25, -0.2) is 0 Å². The first-order valence-electron chi connectivity index (χ1n) is 27.6. The maximum Gasteiger partial charge on any atom is 0.297 e. The van der Waals surface area contributed by atoms with E-state index in [1.165, 1.54) is 125 Å². The molecule has 0 bridgehead atoms. The number of furan rings is 1. The highest BCUT2D eigenvalue weighted by atomic mass is 32.2. The zero-order valence-electron chi connectivity index (χ0n) is 46.3. The fourth-order valence-corrected chi connectivity index (χ4v) is 16.2. The molecule has 0 spiro atoms. The van der Waals surface area contributed by atoms with Gasteiger partial charge in [-0.2, -0.15) is 0 Å². The average molecular weight is 969 g/mol. The van der Waals surface area contributed by atoms with Crippen LogP contribution in [0.25, 0.3) is 11.0 Å². The highest BCUT2D eigenvalue weighted by molar-refractivity contribution is 8.00. The Morgan fingerprint density at radius 2 is 1.14 bits per heavy atom. The molecule has 3 nitrogen and oxygen atoms in total. The number of thioether (sulfide) groups is 1. The quantitative estimate of drug-likeness (QED) is 0.161. The summed E-state index contributed by atoms with van der Waals surface area (Å²) in [7, 11) is 0. The molecule has 370 valence electrons. The van der Waals surface area contributed by atoms with E-state index in [-0.39, 0.29) is 44.6 Å². The van der Waals surface area contributed by atoms with Crippen molar-refractivity contribution < 1.29 is 4.42 Å². The van der Waals surface area contributed by atoms with Crippen molar-refractivity contribution in [3.8, 4) is 0 Å². The summed E-state index contributed by atoms with van der Waals surface area (Å²) in [5.74, 6) is 0.322. The van der Waals surface area contributed by atoms with Crippen molar-refractivity contribution in [2.24, 2.45) is 5.41 Å². The predicted octanol–water partition coefficient (Wildman–Crippen LogP) is 17.0. The van der Waals surface area contributed by atoms with Gasteiger partial charge in [0, 0.05) is 44.2 Å². The summed E-state index contributed by atoms with van der Waals surface area (Å²) < 4.78 is 7.79. The van der Waals surface area contributed by atoms with Gasteiger partial charge in [-0.1, -0.05) is 146 Å². The zero-order chi connectivity index (χ0) is 50.8. The molecule has 13 rings (SSSR count). The first kappa shape index (κ1) is 46.9. The van der Waals surface area contributed by atoms with Gasteiger partial charge in [-0.05, 0) is 193 Å². The minimum atomic E-state index is -0.107. The maximum absolute atomic E-state index is 7.79. The van der Waals surface area contributed by atoms with Crippen molar-refractivity contribution in [3.05, 3.63) is 141 Å². The number of anilines is 6. The van der Waals surface area contributed by atoms with Gasteiger partial charge in [0.25, 0.3) is 6.71 Å². The summed E-state index contributed by atoms with van der Waals surface area (Å²) >= 11 is 2.06. The molecule has 7 aliphatic rings. The minimum Gasteiger partial charge on any atom is -0.468 e. The van der Waals surface area contributed by atoms with Crippen LogP contribution in [0.4, 0.5) is 34.1 Å². The minimum absolute atomic E-state index is 0.0322. The van der Waals surface area contributed by atoms with Crippen LogP contribution in [0.5, 0.6) is 0 Å². The van der Waals surface area contributed by atoms with E-state index in [0.717, 1.165) is 30.5 Å². The number of nitrogens with zero attached hydrogens (tertiary/aromatic N) is 2. The standard InChI is InChI=1S/C67H77BN2OS/c1-38-30-53-57-54(31-38)70(51-19-17-18-41-42-32-39(61(2,3)4)20-23-56(42)72-59(41)51)58-43-34-46-49(67(15,16)29-26-64(46,9)10)37-55(43)71-60(58)68(57)50-35-47-48(66(13,14)28-27-65(47,11)12)36-52(50)69(53)40-21-22-44-45(33-40)63(7,8)25-24-62(44,5)6/h17-23,30-37,42,56H,24-29H2,1-16H3. The van der Waals surface area contributed by atoms with E-state index in [2.05, 4.69) is 223 Å². The summed E-state index contributed by atoms with van der Waals surface area (Å²) in [4.78, 5) is 6.79. The number of allylic oxidation sites excluding steroid dienone is 3. The molecule has 0 fully saturated rings. The SMILES string of the molecule is Cc1cc2c3c(c1)N(c1cccc4c1SC1C=CC(C(C)(C)C)=CC41)c1c(oc4cc5c(cc14)C(C)(C)CCC5(C)C)B3c1cc3c(cc1N2c1ccc2c(c1)C(C)(C)CCC2(C)C)C(C)(C)CCC3(C)C. The molecule has 0 saturated carbocycles. The van der Waals surface area contributed by atoms with Crippen LogP contribution in [0.2, 0.25) is 0 Å². The predicted molar refractivity (Wildman–Crippen MR) is 310 cm³/mol. The zero-order valence-corrected chi connectivity index (χ0v) is 47.2. The second-order valence-electron chi connectivity index (χ2n) is 28.6. The topological polar surface area (TPSA) is 19.6 Å². The lowest BCUT2D eigenvalue weighted by molar-refractivity contribution is 0.332. The van der Waals surface area contributed by atoms with Crippen molar-refractivity contribution in [3.63, 3.8) is 0 Å². The van der Waals surface area contributed by atoms with Crippen LogP contribution in [0, 0.1) is 12.3 Å². The molecule has 72 heavy (non-hydrogen) atoms. The number of hydrogen-bond donors (Lipinski definition) is 0. The number of benzene rings is 5. The third-order valence-corrected chi connectivity index (χ3v) is 21.2. The van der Waals surface area contributed by atoms with Crippen molar-refractivity contribution in [2.45, 2.75) is 198 Å². The molecule has 0 N–H and O–H groups in total. The Hall–Kier alpha value is -4.87. The van der Waals surface area contributed by atoms with Gasteiger partial charge in [0.15, 0.2) is 0 Å². The van der Waals surface area contributed by atoms with Gasteiger partial charge < -0.3 is 14.2 Å². The van der Waals surface area contributed by atoms with Crippen LogP contribution in [0.1, 0.15) is 193 Å². The monoisotopic (exact) mass is 969 g/mol. The summed E-state index contributed by atoms with van der Waals surface area (Å²) in [6.45, 7) is 39.0. The van der Waals surface area contributed by atoms with Crippen LogP contribution in [0.3, 0.4) is 0 Å². The lowest BCUT2D eigenvalue weighted by atomic mass is 9.35. The van der Waals surface area contributed by atoms with Crippen LogP contribution >= 0.6 is 11.8 Å². The van der Waals surface area contributed by atoms with E-state index in [1.54, 1.807) is 0 Å². The molecule has 0 saturated heterocycles. The van der Waals surface area contributed by atoms with E-state index in [0.29, 0.717) is 11.2 Å². The Morgan fingerprint density at radius 1 is 0.583 bits per heavy atom. The van der Waals surface area contributed by atoms with Crippen LogP contribution in [-0.4, -0.2) is 12.0 Å². The van der Waals surface area contributed by atoms with Crippen molar-refractivity contribution >= 4 is 80.2 Å². The summed E-state index contributed by atoms with van der Waals surface area (Å²) in [5, 5.41) is 1.59. The fraction of sp³-hybridized carbons (Fsp3) is 0.463. The highest BCUT2D eigenvalue weighted by Crippen LogP contribution is 2.59. The normalized spacial score (nSPS) is 23.8. The number of aryl methyl sites for hydroxylation is 1. The molecule has 4 heterocycles. The summed E-state index contributed by atoms with van der Waals surface area (Å²) in [6.07, 6.45) is 14.5. The third-order valence-electron chi connectivity index (χ3n) is 19.8. The highest BCUT2D eigenvalue weighted by Gasteiger charge is 2.51. The Morgan fingerprint density at radius 3 is 1.76 bits per heavy atom. The molecule has 0 amide bonds.